The Kier molecular flexibility index (Phi) is 5.32. The van der Waals surface area contributed by atoms with Crippen molar-refractivity contribution in [3.63, 3.8) is 0 Å². The summed E-state index contributed by atoms with van der Waals surface area (Å²) in [6, 6.07) is 9.91. The predicted octanol–water partition coefficient (Wildman–Crippen LogP) is 2.20. The average Bonchev–Trinajstić information content (AvgIpc) is 3.04. The highest BCUT2D eigenvalue weighted by molar-refractivity contribution is 6.30. The lowest BCUT2D eigenvalue weighted by Crippen LogP contribution is -2.35. The largest absolute Gasteiger partial charge is 0.463 e. The molecule has 1 heterocycles. The molecule has 2 aromatic rings. The maximum atomic E-state index is 11.8. The van der Waals surface area contributed by atoms with E-state index < -0.39 is 5.91 Å². The summed E-state index contributed by atoms with van der Waals surface area (Å²) in [6.07, 6.45) is 1.52. The van der Waals surface area contributed by atoms with E-state index >= 15 is 0 Å². The van der Waals surface area contributed by atoms with Crippen LogP contribution in [0.15, 0.2) is 52.2 Å². The zero-order valence-electron chi connectivity index (χ0n) is 11.8. The molecule has 0 unspecified atom stereocenters. The normalized spacial score (nSPS) is 11.1. The number of amides is 2. The van der Waals surface area contributed by atoms with Gasteiger partial charge in [0, 0.05) is 10.6 Å². The van der Waals surface area contributed by atoms with Gasteiger partial charge in [0.15, 0.2) is 0 Å². The maximum Gasteiger partial charge on any atom is 0.259 e. The van der Waals surface area contributed by atoms with Crippen LogP contribution in [0.2, 0.25) is 5.02 Å². The van der Waals surface area contributed by atoms with Crippen LogP contribution in [0.5, 0.6) is 0 Å². The second kappa shape index (κ2) is 7.42. The molecule has 2 N–H and O–H groups in total. The lowest BCUT2D eigenvalue weighted by molar-refractivity contribution is -0.120. The van der Waals surface area contributed by atoms with Crippen molar-refractivity contribution >= 4 is 29.1 Å². The number of carbonyl (C=O) groups is 2. The number of rotatable bonds is 5. The van der Waals surface area contributed by atoms with Crippen LogP contribution >= 0.6 is 11.6 Å². The Bertz CT molecular complexity index is 696. The van der Waals surface area contributed by atoms with Gasteiger partial charge in [-0.3, -0.25) is 9.59 Å². The number of furan rings is 1. The van der Waals surface area contributed by atoms with Crippen LogP contribution in [0.3, 0.4) is 0 Å². The number of benzene rings is 1. The summed E-state index contributed by atoms with van der Waals surface area (Å²) < 4.78 is 5.13. The van der Waals surface area contributed by atoms with E-state index in [2.05, 4.69) is 15.8 Å². The van der Waals surface area contributed by atoms with Gasteiger partial charge in [-0.05, 0) is 37.3 Å². The first-order valence-electron chi connectivity index (χ1n) is 6.47. The van der Waals surface area contributed by atoms with Gasteiger partial charge in [-0.2, -0.15) is 5.10 Å². The number of hydrogen-bond donors (Lipinski definition) is 2. The molecular formula is C15H14ClN3O3. The average molecular weight is 320 g/mol. The minimum absolute atomic E-state index is 0.194. The van der Waals surface area contributed by atoms with E-state index in [1.165, 1.54) is 12.3 Å². The van der Waals surface area contributed by atoms with Crippen molar-refractivity contribution in [2.24, 2.45) is 5.10 Å². The van der Waals surface area contributed by atoms with E-state index in [4.69, 9.17) is 16.0 Å². The summed E-state index contributed by atoms with van der Waals surface area (Å²) in [5.74, 6) is -0.270. The van der Waals surface area contributed by atoms with Crippen molar-refractivity contribution < 1.29 is 14.0 Å². The van der Waals surface area contributed by atoms with Crippen LogP contribution in [0.25, 0.3) is 0 Å². The molecule has 114 valence electrons. The molecule has 2 rings (SSSR count). The number of hydrogen-bond acceptors (Lipinski definition) is 4. The van der Waals surface area contributed by atoms with E-state index in [0.717, 1.165) is 0 Å². The van der Waals surface area contributed by atoms with E-state index in [1.54, 1.807) is 37.3 Å². The van der Waals surface area contributed by atoms with E-state index in [1.807, 2.05) is 0 Å². The number of halogens is 1. The minimum atomic E-state index is -0.443. The van der Waals surface area contributed by atoms with Crippen molar-refractivity contribution in [3.05, 3.63) is 59.0 Å². The third kappa shape index (κ3) is 4.46. The van der Waals surface area contributed by atoms with Crippen molar-refractivity contribution in [2.45, 2.75) is 6.92 Å². The van der Waals surface area contributed by atoms with Crippen molar-refractivity contribution in [1.82, 2.24) is 10.7 Å². The van der Waals surface area contributed by atoms with Gasteiger partial charge in [0.05, 0.1) is 12.8 Å². The molecule has 0 saturated heterocycles. The molecule has 0 spiro atoms. The summed E-state index contributed by atoms with van der Waals surface area (Å²) in [6.45, 7) is 1.50. The zero-order chi connectivity index (χ0) is 15.9. The monoisotopic (exact) mass is 319 g/mol. The Morgan fingerprint density at radius 1 is 1.27 bits per heavy atom. The van der Waals surface area contributed by atoms with Gasteiger partial charge in [0.1, 0.15) is 11.5 Å². The van der Waals surface area contributed by atoms with Crippen LogP contribution in [0, 0.1) is 0 Å². The summed E-state index contributed by atoms with van der Waals surface area (Å²) >= 11 is 5.80. The first kappa shape index (κ1) is 15.8. The van der Waals surface area contributed by atoms with Gasteiger partial charge in [-0.1, -0.05) is 17.7 Å². The highest BCUT2D eigenvalue weighted by Gasteiger charge is 2.08. The molecular weight excluding hydrogens is 306 g/mol. The highest BCUT2D eigenvalue weighted by atomic mass is 35.5. The fraction of sp³-hybridized carbons (Fsp3) is 0.133. The number of nitrogens with one attached hydrogen (secondary N) is 2. The highest BCUT2D eigenvalue weighted by Crippen LogP contribution is 2.10. The molecule has 7 heteroatoms. The molecule has 0 saturated carbocycles. The topological polar surface area (TPSA) is 83.7 Å². The minimum Gasteiger partial charge on any atom is -0.463 e. The molecule has 0 aliphatic heterocycles. The summed E-state index contributed by atoms with van der Waals surface area (Å²) in [7, 11) is 0. The third-order valence-electron chi connectivity index (χ3n) is 2.72. The molecule has 1 aromatic heterocycles. The third-order valence-corrected chi connectivity index (χ3v) is 2.96. The predicted molar refractivity (Wildman–Crippen MR) is 82.8 cm³/mol. The SMILES string of the molecule is C/C(=N\NC(=O)CNC(=O)c1cccc(Cl)c1)c1ccco1. The molecule has 6 nitrogen and oxygen atoms in total. The smallest absolute Gasteiger partial charge is 0.259 e. The first-order chi connectivity index (χ1) is 10.6. The Balaban J connectivity index is 1.83. The summed E-state index contributed by atoms with van der Waals surface area (Å²) in [4.78, 5) is 23.5. The summed E-state index contributed by atoms with van der Waals surface area (Å²) in [5, 5.41) is 6.82. The van der Waals surface area contributed by atoms with Crippen LogP contribution in [0.1, 0.15) is 23.0 Å². The Morgan fingerprint density at radius 2 is 2.09 bits per heavy atom. The number of nitrogens with zero attached hydrogens (tertiary/aromatic N) is 1. The number of carbonyl (C=O) groups excluding carboxylic acids is 2. The quantitative estimate of drug-likeness (QED) is 0.654. The van der Waals surface area contributed by atoms with Crippen LogP contribution in [-0.4, -0.2) is 24.1 Å². The van der Waals surface area contributed by atoms with Gasteiger partial charge in [-0.15, -0.1) is 0 Å². The van der Waals surface area contributed by atoms with Crippen molar-refractivity contribution in [3.8, 4) is 0 Å². The molecule has 0 radical (unpaired) electrons. The van der Waals surface area contributed by atoms with Crippen molar-refractivity contribution in [1.29, 1.82) is 0 Å². The van der Waals surface area contributed by atoms with Gasteiger partial charge in [-0.25, -0.2) is 5.43 Å². The molecule has 0 bridgehead atoms. The fourth-order valence-electron chi connectivity index (χ4n) is 1.62. The maximum absolute atomic E-state index is 11.8. The second-order valence-corrected chi connectivity index (χ2v) is 4.84. The Labute approximate surface area is 132 Å². The van der Waals surface area contributed by atoms with Gasteiger partial charge >= 0.3 is 0 Å². The van der Waals surface area contributed by atoms with Crippen LogP contribution < -0.4 is 10.7 Å². The first-order valence-corrected chi connectivity index (χ1v) is 6.85. The molecule has 22 heavy (non-hydrogen) atoms. The number of hydrazone groups is 1. The van der Waals surface area contributed by atoms with E-state index in [9.17, 15) is 9.59 Å². The molecule has 0 fully saturated rings. The standard InChI is InChI=1S/C15H14ClN3O3/c1-10(13-6-3-7-22-13)18-19-14(20)9-17-15(21)11-4-2-5-12(16)8-11/h2-8H,9H2,1H3,(H,17,21)(H,19,20)/b18-10+. The van der Waals surface area contributed by atoms with Crippen LogP contribution in [-0.2, 0) is 4.79 Å². The molecule has 2 amide bonds. The molecule has 0 aliphatic carbocycles. The Morgan fingerprint density at radius 3 is 2.77 bits per heavy atom. The van der Waals surface area contributed by atoms with Gasteiger partial charge in [0.2, 0.25) is 0 Å². The van der Waals surface area contributed by atoms with E-state index in [-0.39, 0.29) is 12.5 Å². The zero-order valence-corrected chi connectivity index (χ0v) is 12.6. The lowest BCUT2D eigenvalue weighted by Gasteiger charge is -2.05. The second-order valence-electron chi connectivity index (χ2n) is 4.40. The Hall–Kier alpha value is -2.60. The van der Waals surface area contributed by atoms with Gasteiger partial charge in [0.25, 0.3) is 11.8 Å². The molecule has 1 aromatic carbocycles. The van der Waals surface area contributed by atoms with E-state index in [0.29, 0.717) is 22.1 Å². The fourth-order valence-corrected chi connectivity index (χ4v) is 1.81. The van der Waals surface area contributed by atoms with Crippen molar-refractivity contribution in [2.75, 3.05) is 6.54 Å². The van der Waals surface area contributed by atoms with Gasteiger partial charge < -0.3 is 9.73 Å². The van der Waals surface area contributed by atoms with Crippen LogP contribution in [0.4, 0.5) is 0 Å². The molecule has 0 aliphatic rings. The summed E-state index contributed by atoms with van der Waals surface area (Å²) in [5.41, 5.74) is 3.25. The lowest BCUT2D eigenvalue weighted by atomic mass is 10.2. The molecule has 0 atom stereocenters.